The molecule has 2 heterocycles. The molecule has 0 fully saturated rings. The molecule has 10 aromatic carbocycles. The number of fused-ring (bicyclic) bond motifs is 6. The van der Waals surface area contributed by atoms with Crippen molar-refractivity contribution in [1.29, 1.82) is 0 Å². The largest absolute Gasteiger partial charge is 0.309 e. The molecule has 0 N–H and O–H groups in total. The average Bonchev–Trinajstić information content (AvgIpc) is 3.91. The Morgan fingerprint density at radius 1 is 0.317 bits per heavy atom. The highest BCUT2D eigenvalue weighted by Crippen LogP contribution is 2.46. The topological polar surface area (TPSA) is 8.17 Å². The van der Waals surface area contributed by atoms with Gasteiger partial charge in [0.05, 0.1) is 27.1 Å². The van der Waals surface area contributed by atoms with E-state index in [0.29, 0.717) is 0 Å². The number of para-hydroxylation sites is 3. The summed E-state index contributed by atoms with van der Waals surface area (Å²) in [7, 11) is 0. The lowest BCUT2D eigenvalue weighted by atomic mass is 9.97. The van der Waals surface area contributed by atoms with Gasteiger partial charge in [0.2, 0.25) is 0 Å². The third kappa shape index (κ3) is 6.50. The van der Waals surface area contributed by atoms with Gasteiger partial charge < -0.3 is 9.47 Å². The van der Waals surface area contributed by atoms with Crippen LogP contribution in [0.5, 0.6) is 0 Å². The Balaban J connectivity index is 0.944. The van der Waals surface area contributed by atoms with Crippen LogP contribution in [0, 0.1) is 0 Å². The SMILES string of the molecule is c1ccc(-c2ccc(-c3cccc(N(c4ccc(-c5cccc(-c6ccccc6-n6c7ccccc7c7ccccc76)c5)cc4)c4cccc5c4sc4ccccc45)c3)cc2)cc1. The Hall–Kier alpha value is -7.98. The summed E-state index contributed by atoms with van der Waals surface area (Å²) < 4.78 is 4.99. The maximum Gasteiger partial charge on any atom is 0.0640 e. The van der Waals surface area contributed by atoms with Crippen LogP contribution in [0.1, 0.15) is 0 Å². The molecule has 0 saturated heterocycles. The maximum absolute atomic E-state index is 2.43. The van der Waals surface area contributed by atoms with E-state index in [2.05, 4.69) is 252 Å². The van der Waals surface area contributed by atoms with Gasteiger partial charge in [-0.25, -0.2) is 0 Å². The van der Waals surface area contributed by atoms with E-state index in [1.807, 2.05) is 11.3 Å². The first-order chi connectivity index (χ1) is 31.2. The van der Waals surface area contributed by atoms with Gasteiger partial charge in [-0.3, -0.25) is 0 Å². The first-order valence-electron chi connectivity index (χ1n) is 21.5. The molecule has 0 aliphatic rings. The summed E-state index contributed by atoms with van der Waals surface area (Å²) in [6, 6.07) is 88.3. The predicted octanol–water partition coefficient (Wildman–Crippen LogP) is 17.3. The summed E-state index contributed by atoms with van der Waals surface area (Å²) in [4.78, 5) is 2.43. The summed E-state index contributed by atoms with van der Waals surface area (Å²) in [5.41, 5.74) is 16.5. The molecule has 0 atom stereocenters. The summed E-state index contributed by atoms with van der Waals surface area (Å²) >= 11 is 1.86. The van der Waals surface area contributed by atoms with Gasteiger partial charge in [-0.1, -0.05) is 182 Å². The fourth-order valence-electron chi connectivity index (χ4n) is 9.41. The van der Waals surface area contributed by atoms with Crippen molar-refractivity contribution in [2.75, 3.05) is 4.90 Å². The molecular weight excluding hydrogens is 781 g/mol. The van der Waals surface area contributed by atoms with E-state index >= 15 is 0 Å². The van der Waals surface area contributed by atoms with Crippen molar-refractivity contribution >= 4 is 70.4 Å². The molecule has 0 aliphatic carbocycles. The second-order valence-corrected chi connectivity index (χ2v) is 17.1. The number of aromatic nitrogens is 1. The van der Waals surface area contributed by atoms with Crippen LogP contribution < -0.4 is 4.90 Å². The molecular formula is C60H40N2S. The molecule has 0 saturated carbocycles. The third-order valence-electron chi connectivity index (χ3n) is 12.4. The molecule has 12 aromatic rings. The van der Waals surface area contributed by atoms with Gasteiger partial charge in [0.25, 0.3) is 0 Å². The zero-order valence-electron chi connectivity index (χ0n) is 34.4. The fraction of sp³-hybridized carbons (Fsp3) is 0. The van der Waals surface area contributed by atoms with Crippen LogP contribution in [0.25, 0.3) is 92.2 Å². The quantitative estimate of drug-likeness (QED) is 0.148. The minimum Gasteiger partial charge on any atom is -0.309 e. The van der Waals surface area contributed by atoms with E-state index in [4.69, 9.17) is 0 Å². The van der Waals surface area contributed by atoms with Crippen LogP contribution in [0.4, 0.5) is 17.1 Å². The van der Waals surface area contributed by atoms with Gasteiger partial charge in [-0.15, -0.1) is 11.3 Å². The molecule has 3 heteroatoms. The number of thiophene rings is 1. The highest BCUT2D eigenvalue weighted by molar-refractivity contribution is 7.26. The summed E-state index contributed by atoms with van der Waals surface area (Å²) in [6.07, 6.45) is 0. The van der Waals surface area contributed by atoms with E-state index in [1.165, 1.54) is 97.9 Å². The molecule has 0 bridgehead atoms. The number of benzene rings is 10. The first kappa shape index (κ1) is 36.8. The van der Waals surface area contributed by atoms with E-state index in [9.17, 15) is 0 Å². The van der Waals surface area contributed by atoms with Crippen LogP contribution in [0.3, 0.4) is 0 Å². The van der Waals surface area contributed by atoms with Crippen LogP contribution in [-0.2, 0) is 0 Å². The van der Waals surface area contributed by atoms with Gasteiger partial charge in [-0.05, 0) is 99.6 Å². The van der Waals surface area contributed by atoms with Crippen molar-refractivity contribution in [3.8, 4) is 50.2 Å². The molecule has 0 radical (unpaired) electrons. The smallest absolute Gasteiger partial charge is 0.0640 e. The lowest BCUT2D eigenvalue weighted by Crippen LogP contribution is -2.10. The van der Waals surface area contributed by atoms with Gasteiger partial charge in [0, 0.05) is 43.2 Å². The fourth-order valence-corrected chi connectivity index (χ4v) is 10.6. The maximum atomic E-state index is 2.43. The Morgan fingerprint density at radius 2 is 0.825 bits per heavy atom. The Kier molecular flexibility index (Phi) is 9.06. The van der Waals surface area contributed by atoms with Crippen molar-refractivity contribution in [1.82, 2.24) is 4.57 Å². The average molecular weight is 821 g/mol. The monoisotopic (exact) mass is 820 g/mol. The Bertz CT molecular complexity index is 3560. The van der Waals surface area contributed by atoms with Crippen LogP contribution in [-0.4, -0.2) is 4.57 Å². The summed E-state index contributed by atoms with van der Waals surface area (Å²) in [6.45, 7) is 0. The molecule has 0 aliphatic heterocycles. The van der Waals surface area contributed by atoms with Gasteiger partial charge in [-0.2, -0.15) is 0 Å². The standard InChI is InChI=1S/C60H40N2S/c1-2-15-41(16-3-1)42-31-33-43(34-32-42)46-18-13-20-49(40-46)61(58-29-14-25-54-53-24-7-11-30-59(53)63-60(54)58)48-37-35-44(36-38-48)45-17-12-19-47(39-45)50-21-4-8-26-55(50)62-56-27-9-5-22-51(56)52-23-6-10-28-57(52)62/h1-40H. The zero-order chi connectivity index (χ0) is 41.7. The number of hydrogen-bond acceptors (Lipinski definition) is 2. The molecule has 0 amide bonds. The molecule has 12 rings (SSSR count). The molecule has 2 aromatic heterocycles. The minimum absolute atomic E-state index is 1.10. The zero-order valence-corrected chi connectivity index (χ0v) is 35.2. The summed E-state index contributed by atoms with van der Waals surface area (Å²) in [5, 5.41) is 5.10. The number of rotatable bonds is 8. The Morgan fingerprint density at radius 3 is 1.57 bits per heavy atom. The number of hydrogen-bond donors (Lipinski definition) is 0. The second kappa shape index (κ2) is 15.5. The van der Waals surface area contributed by atoms with Crippen molar-refractivity contribution < 1.29 is 0 Å². The molecule has 0 spiro atoms. The highest BCUT2D eigenvalue weighted by Gasteiger charge is 2.20. The van der Waals surface area contributed by atoms with E-state index in [-0.39, 0.29) is 0 Å². The lowest BCUT2D eigenvalue weighted by Gasteiger charge is -2.27. The molecule has 2 nitrogen and oxygen atoms in total. The lowest BCUT2D eigenvalue weighted by molar-refractivity contribution is 1.18. The van der Waals surface area contributed by atoms with Crippen molar-refractivity contribution in [3.05, 3.63) is 243 Å². The number of anilines is 3. The van der Waals surface area contributed by atoms with E-state index < -0.39 is 0 Å². The summed E-state index contributed by atoms with van der Waals surface area (Å²) in [5.74, 6) is 0. The number of nitrogens with zero attached hydrogens (tertiary/aromatic N) is 2. The Labute approximate surface area is 370 Å². The molecule has 63 heavy (non-hydrogen) atoms. The van der Waals surface area contributed by atoms with Crippen LogP contribution in [0.2, 0.25) is 0 Å². The van der Waals surface area contributed by atoms with Crippen molar-refractivity contribution in [2.45, 2.75) is 0 Å². The van der Waals surface area contributed by atoms with Crippen molar-refractivity contribution in [3.63, 3.8) is 0 Å². The van der Waals surface area contributed by atoms with E-state index in [1.54, 1.807) is 0 Å². The highest BCUT2D eigenvalue weighted by atomic mass is 32.1. The third-order valence-corrected chi connectivity index (χ3v) is 13.6. The van der Waals surface area contributed by atoms with Crippen LogP contribution >= 0.6 is 11.3 Å². The van der Waals surface area contributed by atoms with E-state index in [0.717, 1.165) is 11.4 Å². The minimum atomic E-state index is 1.10. The van der Waals surface area contributed by atoms with Gasteiger partial charge in [0.15, 0.2) is 0 Å². The molecule has 296 valence electrons. The van der Waals surface area contributed by atoms with Crippen LogP contribution in [0.15, 0.2) is 243 Å². The molecule has 0 unspecified atom stereocenters. The predicted molar refractivity (Wildman–Crippen MR) is 270 cm³/mol. The normalized spacial score (nSPS) is 11.5. The van der Waals surface area contributed by atoms with Crippen molar-refractivity contribution in [2.24, 2.45) is 0 Å². The second-order valence-electron chi connectivity index (χ2n) is 16.1. The first-order valence-corrected chi connectivity index (χ1v) is 22.3. The van der Waals surface area contributed by atoms with Gasteiger partial charge in [0.1, 0.15) is 0 Å². The van der Waals surface area contributed by atoms with Gasteiger partial charge >= 0.3 is 0 Å².